The summed E-state index contributed by atoms with van der Waals surface area (Å²) < 4.78 is 6.09. The van der Waals surface area contributed by atoms with Crippen LogP contribution in [0.4, 0.5) is 5.00 Å². The number of nitrogens with two attached hydrogens (primary N) is 1. The van der Waals surface area contributed by atoms with Crippen molar-refractivity contribution in [3.05, 3.63) is 17.0 Å². The molecular weight excluding hydrogens is 356 g/mol. The maximum absolute atomic E-state index is 12.2. The first-order valence-electron chi connectivity index (χ1n) is 6.71. The number of anilines is 1. The van der Waals surface area contributed by atoms with Crippen LogP contribution in [0, 0.1) is 0 Å². The van der Waals surface area contributed by atoms with E-state index in [0.29, 0.717) is 20.1 Å². The zero-order valence-electron chi connectivity index (χ0n) is 12.7. The van der Waals surface area contributed by atoms with Crippen LogP contribution < -0.4 is 15.8 Å². The molecule has 0 saturated heterocycles. The van der Waals surface area contributed by atoms with Gasteiger partial charge in [-0.05, 0) is 43.6 Å². The van der Waals surface area contributed by atoms with Crippen LogP contribution in [0.5, 0.6) is 5.19 Å². The summed E-state index contributed by atoms with van der Waals surface area (Å²) in [5.74, 6) is -0.803. The van der Waals surface area contributed by atoms with Gasteiger partial charge in [-0.3, -0.25) is 9.59 Å². The largest absolute Gasteiger partial charge is 0.466 e. The normalized spacial score (nSPS) is 12.2. The summed E-state index contributed by atoms with van der Waals surface area (Å²) in [7, 11) is 0. The monoisotopic (exact) mass is 372 g/mol. The Hall–Kier alpha value is -1.65. The van der Waals surface area contributed by atoms with Gasteiger partial charge in [0, 0.05) is 0 Å². The Morgan fingerprint density at radius 3 is 2.74 bits per heavy atom. The molecule has 10 heteroatoms. The molecule has 2 heterocycles. The van der Waals surface area contributed by atoms with E-state index in [-0.39, 0.29) is 12.0 Å². The molecule has 2 rings (SSSR count). The predicted octanol–water partition coefficient (Wildman–Crippen LogP) is 2.60. The van der Waals surface area contributed by atoms with Crippen LogP contribution in [0.2, 0.25) is 0 Å². The molecule has 2 aromatic rings. The number of primary amides is 1. The van der Waals surface area contributed by atoms with Crippen molar-refractivity contribution in [2.24, 2.45) is 5.73 Å². The van der Waals surface area contributed by atoms with E-state index in [2.05, 4.69) is 15.5 Å². The minimum atomic E-state index is -0.568. The van der Waals surface area contributed by atoms with Crippen molar-refractivity contribution >= 4 is 51.3 Å². The molecule has 0 saturated carbocycles. The van der Waals surface area contributed by atoms with Gasteiger partial charge >= 0.3 is 0 Å². The predicted molar refractivity (Wildman–Crippen MR) is 92.5 cm³/mol. The Bertz CT molecular complexity index is 698. The SMILES string of the molecule is CC(C)Oc1nnc(S[C@H](C)C(=O)Nc2sccc2C(N)=O)s1. The smallest absolute Gasteiger partial charge is 0.295 e. The van der Waals surface area contributed by atoms with Crippen molar-refractivity contribution in [2.75, 3.05) is 5.32 Å². The number of rotatable bonds is 7. The summed E-state index contributed by atoms with van der Waals surface area (Å²) in [6.07, 6.45) is 0.0209. The zero-order valence-corrected chi connectivity index (χ0v) is 15.2. The Balaban J connectivity index is 1.96. The van der Waals surface area contributed by atoms with Gasteiger partial charge in [0.1, 0.15) is 5.00 Å². The van der Waals surface area contributed by atoms with Gasteiger partial charge < -0.3 is 15.8 Å². The molecular formula is C13H16N4O3S3. The lowest BCUT2D eigenvalue weighted by molar-refractivity contribution is -0.115. The van der Waals surface area contributed by atoms with Crippen LogP contribution >= 0.6 is 34.4 Å². The number of nitrogens with one attached hydrogen (secondary N) is 1. The third-order valence-corrected chi connectivity index (χ3v) is 5.37. The van der Waals surface area contributed by atoms with E-state index < -0.39 is 11.2 Å². The molecule has 0 unspecified atom stereocenters. The lowest BCUT2D eigenvalue weighted by atomic mass is 10.3. The number of aromatic nitrogens is 2. The second-order valence-electron chi connectivity index (χ2n) is 4.78. The Morgan fingerprint density at radius 1 is 1.35 bits per heavy atom. The Kier molecular flexibility index (Phi) is 5.97. The van der Waals surface area contributed by atoms with E-state index >= 15 is 0 Å². The third kappa shape index (κ3) is 4.91. The van der Waals surface area contributed by atoms with Crippen LogP contribution in [-0.4, -0.2) is 33.4 Å². The van der Waals surface area contributed by atoms with E-state index in [0.717, 1.165) is 0 Å². The Labute approximate surface area is 145 Å². The second kappa shape index (κ2) is 7.75. The molecule has 124 valence electrons. The first-order chi connectivity index (χ1) is 10.9. The summed E-state index contributed by atoms with van der Waals surface area (Å²) in [5.41, 5.74) is 5.57. The fourth-order valence-electron chi connectivity index (χ4n) is 1.51. The number of thioether (sulfide) groups is 1. The number of carbonyl (C=O) groups is 2. The fraction of sp³-hybridized carbons (Fsp3) is 0.385. The molecule has 23 heavy (non-hydrogen) atoms. The van der Waals surface area contributed by atoms with Gasteiger partial charge in [0.15, 0.2) is 4.34 Å². The first kappa shape index (κ1) is 17.7. The number of thiophene rings is 1. The molecule has 0 aliphatic rings. The van der Waals surface area contributed by atoms with Gasteiger partial charge in [-0.1, -0.05) is 16.9 Å². The topological polar surface area (TPSA) is 107 Å². The lowest BCUT2D eigenvalue weighted by Crippen LogP contribution is -2.23. The number of hydrogen-bond acceptors (Lipinski definition) is 8. The first-order valence-corrected chi connectivity index (χ1v) is 9.29. The third-order valence-electron chi connectivity index (χ3n) is 2.54. The van der Waals surface area contributed by atoms with E-state index in [1.807, 2.05) is 13.8 Å². The number of nitrogens with zero attached hydrogens (tertiary/aromatic N) is 2. The van der Waals surface area contributed by atoms with Crippen LogP contribution in [0.15, 0.2) is 15.8 Å². The highest BCUT2D eigenvalue weighted by Crippen LogP contribution is 2.31. The van der Waals surface area contributed by atoms with Gasteiger partial charge in [0.05, 0.1) is 16.9 Å². The molecule has 3 N–H and O–H groups in total. The lowest BCUT2D eigenvalue weighted by Gasteiger charge is -2.09. The number of amides is 2. The average Bonchev–Trinajstić information content (AvgIpc) is 3.07. The van der Waals surface area contributed by atoms with Gasteiger partial charge in [0.2, 0.25) is 5.91 Å². The van der Waals surface area contributed by atoms with Gasteiger partial charge in [0.25, 0.3) is 11.1 Å². The van der Waals surface area contributed by atoms with E-state index in [1.165, 1.54) is 34.4 Å². The van der Waals surface area contributed by atoms with Gasteiger partial charge in [-0.25, -0.2) is 0 Å². The molecule has 0 aliphatic carbocycles. The van der Waals surface area contributed by atoms with Gasteiger partial charge in [-0.15, -0.1) is 16.4 Å². The van der Waals surface area contributed by atoms with E-state index in [1.54, 1.807) is 18.4 Å². The molecule has 0 fully saturated rings. The van der Waals surface area contributed by atoms with Crippen molar-refractivity contribution in [3.8, 4) is 5.19 Å². The maximum atomic E-state index is 12.2. The standard InChI is InChI=1S/C13H16N4O3S3/c1-6(2)20-12-16-17-13(23-12)22-7(3)10(19)15-11-8(9(14)18)4-5-21-11/h4-7H,1-3H3,(H2,14,18)(H,15,19)/t7-/m1/s1. The molecule has 2 aromatic heterocycles. The fourth-order valence-corrected chi connectivity index (χ4v) is 4.26. The van der Waals surface area contributed by atoms with Crippen molar-refractivity contribution in [3.63, 3.8) is 0 Å². The summed E-state index contributed by atoms with van der Waals surface area (Å²) in [4.78, 5) is 23.5. The van der Waals surface area contributed by atoms with Crippen LogP contribution in [0.1, 0.15) is 31.1 Å². The quantitative estimate of drug-likeness (QED) is 0.724. The zero-order chi connectivity index (χ0) is 17.0. The van der Waals surface area contributed by atoms with Crippen molar-refractivity contribution < 1.29 is 14.3 Å². The maximum Gasteiger partial charge on any atom is 0.295 e. The number of hydrogen-bond donors (Lipinski definition) is 2. The van der Waals surface area contributed by atoms with Crippen LogP contribution in [-0.2, 0) is 4.79 Å². The van der Waals surface area contributed by atoms with Crippen molar-refractivity contribution in [1.29, 1.82) is 0 Å². The number of ether oxygens (including phenoxy) is 1. The summed E-state index contributed by atoms with van der Waals surface area (Å²) >= 11 is 3.82. The molecule has 7 nitrogen and oxygen atoms in total. The molecule has 2 amide bonds. The molecule has 0 aromatic carbocycles. The average molecular weight is 372 g/mol. The molecule has 0 radical (unpaired) electrons. The van der Waals surface area contributed by atoms with Crippen LogP contribution in [0.25, 0.3) is 0 Å². The second-order valence-corrected chi connectivity index (χ2v) is 8.22. The van der Waals surface area contributed by atoms with Crippen LogP contribution in [0.3, 0.4) is 0 Å². The minimum absolute atomic E-state index is 0.0209. The molecule has 0 bridgehead atoms. The summed E-state index contributed by atoms with van der Waals surface area (Å²) in [6.45, 7) is 5.56. The summed E-state index contributed by atoms with van der Waals surface area (Å²) in [6, 6.07) is 1.58. The van der Waals surface area contributed by atoms with Crippen molar-refractivity contribution in [2.45, 2.75) is 36.5 Å². The van der Waals surface area contributed by atoms with Crippen molar-refractivity contribution in [1.82, 2.24) is 10.2 Å². The molecule has 1 atom stereocenters. The molecule has 0 spiro atoms. The highest BCUT2D eigenvalue weighted by atomic mass is 32.2. The summed E-state index contributed by atoms with van der Waals surface area (Å²) in [5, 5.41) is 12.8. The van der Waals surface area contributed by atoms with E-state index in [4.69, 9.17) is 10.5 Å². The highest BCUT2D eigenvalue weighted by molar-refractivity contribution is 8.02. The Morgan fingerprint density at radius 2 is 2.09 bits per heavy atom. The minimum Gasteiger partial charge on any atom is -0.466 e. The number of carbonyl (C=O) groups excluding carboxylic acids is 2. The highest BCUT2D eigenvalue weighted by Gasteiger charge is 2.20. The van der Waals surface area contributed by atoms with E-state index in [9.17, 15) is 9.59 Å². The van der Waals surface area contributed by atoms with Gasteiger partial charge in [-0.2, -0.15) is 0 Å². The molecule has 0 aliphatic heterocycles.